The molecule has 0 aromatic carbocycles. The minimum absolute atomic E-state index is 0.0504. The molecule has 0 bridgehead atoms. The lowest BCUT2D eigenvalue weighted by Gasteiger charge is -2.20. The highest BCUT2D eigenvalue weighted by molar-refractivity contribution is 7.80. The normalized spacial score (nSPS) is 42.6. The van der Waals surface area contributed by atoms with Crippen molar-refractivity contribution in [1.82, 2.24) is 5.32 Å². The second-order valence-electron chi connectivity index (χ2n) is 3.62. The Morgan fingerprint density at radius 1 is 1.46 bits per heavy atom. The summed E-state index contributed by atoms with van der Waals surface area (Å²) in [6, 6.07) is 0.460. The minimum atomic E-state index is 0.0504. The third-order valence-electron chi connectivity index (χ3n) is 2.51. The molecule has 3 nitrogen and oxygen atoms in total. The first kappa shape index (κ1) is 9.52. The summed E-state index contributed by atoms with van der Waals surface area (Å²) >= 11 is 4.18. The van der Waals surface area contributed by atoms with Gasteiger partial charge < -0.3 is 10.5 Å². The highest BCUT2D eigenvalue weighted by atomic mass is 32.1. The topological polar surface area (TPSA) is 57.2 Å². The van der Waals surface area contributed by atoms with E-state index in [2.05, 4.69) is 24.0 Å². The van der Waals surface area contributed by atoms with E-state index in [4.69, 9.17) is 10.5 Å². The molecule has 1 fully saturated rings. The maximum absolute atomic E-state index is 5.94. The van der Waals surface area contributed by atoms with Gasteiger partial charge in [-0.2, -0.15) is 12.6 Å². The Labute approximate surface area is 84.1 Å². The molecule has 2 rings (SSSR count). The molecule has 1 saturated heterocycles. The van der Waals surface area contributed by atoms with Crippen LogP contribution in [0.4, 0.5) is 0 Å². The van der Waals surface area contributed by atoms with Gasteiger partial charge in [0.25, 0.3) is 0 Å². The van der Waals surface area contributed by atoms with E-state index in [0.717, 1.165) is 18.6 Å². The zero-order valence-corrected chi connectivity index (χ0v) is 8.41. The summed E-state index contributed by atoms with van der Waals surface area (Å²) in [5, 5.41) is 3.21. The molecular formula is C9H16N2OS. The van der Waals surface area contributed by atoms with Gasteiger partial charge in [-0.05, 0) is 18.6 Å². The van der Waals surface area contributed by atoms with E-state index < -0.39 is 0 Å². The zero-order chi connectivity index (χ0) is 9.26. The Morgan fingerprint density at radius 3 is 3.08 bits per heavy atom. The van der Waals surface area contributed by atoms with Crippen molar-refractivity contribution in [3.8, 4) is 0 Å². The van der Waals surface area contributed by atoms with Gasteiger partial charge in [0, 0.05) is 6.04 Å². The molecule has 0 amide bonds. The molecule has 0 aliphatic carbocycles. The standard InChI is InChI=1S/C9H16N2OS/c10-6-3-4-7-9(11-7)12-8(6)2-1-5-13/h3-4,6-9,11,13H,1-2,5,10H2. The highest BCUT2D eigenvalue weighted by Gasteiger charge is 2.39. The Morgan fingerprint density at radius 2 is 2.31 bits per heavy atom. The highest BCUT2D eigenvalue weighted by Crippen LogP contribution is 2.23. The van der Waals surface area contributed by atoms with E-state index in [1.165, 1.54) is 0 Å². The third-order valence-corrected chi connectivity index (χ3v) is 2.83. The summed E-state index contributed by atoms with van der Waals surface area (Å²) in [6.45, 7) is 0. The Bertz CT molecular complexity index is 210. The van der Waals surface area contributed by atoms with Crippen LogP contribution >= 0.6 is 12.6 Å². The van der Waals surface area contributed by atoms with E-state index in [1.54, 1.807) is 0 Å². The molecule has 0 aromatic heterocycles. The van der Waals surface area contributed by atoms with E-state index in [0.29, 0.717) is 6.04 Å². The van der Waals surface area contributed by atoms with Crippen molar-refractivity contribution in [2.24, 2.45) is 5.73 Å². The van der Waals surface area contributed by atoms with Crippen LogP contribution in [0.3, 0.4) is 0 Å². The second kappa shape index (κ2) is 4.00. The first-order valence-electron chi connectivity index (χ1n) is 4.77. The molecule has 2 aliphatic rings. The number of ether oxygens (including phenoxy) is 1. The fourth-order valence-electron chi connectivity index (χ4n) is 1.62. The summed E-state index contributed by atoms with van der Waals surface area (Å²) < 4.78 is 5.77. The molecule has 0 radical (unpaired) electrons. The van der Waals surface area contributed by atoms with Gasteiger partial charge in [0.2, 0.25) is 0 Å². The van der Waals surface area contributed by atoms with Gasteiger partial charge in [0.15, 0.2) is 0 Å². The quantitative estimate of drug-likeness (QED) is 0.348. The summed E-state index contributed by atoms with van der Waals surface area (Å²) in [6.07, 6.45) is 6.60. The van der Waals surface area contributed by atoms with E-state index in [-0.39, 0.29) is 18.4 Å². The van der Waals surface area contributed by atoms with Crippen LogP contribution in [-0.2, 0) is 4.74 Å². The van der Waals surface area contributed by atoms with Gasteiger partial charge in [0.1, 0.15) is 6.23 Å². The van der Waals surface area contributed by atoms with Crippen LogP contribution in [0.5, 0.6) is 0 Å². The Kier molecular flexibility index (Phi) is 2.93. The van der Waals surface area contributed by atoms with E-state index in [1.807, 2.05) is 6.08 Å². The number of nitrogens with one attached hydrogen (secondary N) is 1. The summed E-state index contributed by atoms with van der Waals surface area (Å²) in [7, 11) is 0. The lowest BCUT2D eigenvalue weighted by Crippen LogP contribution is -2.35. The predicted molar refractivity (Wildman–Crippen MR) is 55.8 cm³/mol. The molecule has 4 heteroatoms. The maximum atomic E-state index is 5.94. The predicted octanol–water partition coefficient (Wildman–Crippen LogP) is 0.277. The van der Waals surface area contributed by atoms with Crippen molar-refractivity contribution in [2.75, 3.05) is 5.75 Å². The lowest BCUT2D eigenvalue weighted by atomic mass is 10.1. The van der Waals surface area contributed by atoms with Gasteiger partial charge in [0.05, 0.1) is 12.1 Å². The number of hydrogen-bond donors (Lipinski definition) is 3. The van der Waals surface area contributed by atoms with Crippen LogP contribution in [0, 0.1) is 0 Å². The molecule has 0 aromatic rings. The van der Waals surface area contributed by atoms with Gasteiger partial charge >= 0.3 is 0 Å². The second-order valence-corrected chi connectivity index (χ2v) is 4.06. The summed E-state index contributed by atoms with van der Waals surface area (Å²) in [4.78, 5) is 0. The van der Waals surface area contributed by atoms with Crippen molar-refractivity contribution in [1.29, 1.82) is 0 Å². The monoisotopic (exact) mass is 200 g/mol. The van der Waals surface area contributed by atoms with Crippen LogP contribution < -0.4 is 11.1 Å². The van der Waals surface area contributed by atoms with Crippen LogP contribution in [0.1, 0.15) is 12.8 Å². The molecule has 0 spiro atoms. The third kappa shape index (κ3) is 2.26. The van der Waals surface area contributed by atoms with E-state index in [9.17, 15) is 0 Å². The number of hydrogen-bond acceptors (Lipinski definition) is 4. The van der Waals surface area contributed by atoms with Crippen molar-refractivity contribution < 1.29 is 4.74 Å². The number of thiol groups is 1. The van der Waals surface area contributed by atoms with Crippen LogP contribution in [0.2, 0.25) is 0 Å². The zero-order valence-electron chi connectivity index (χ0n) is 7.52. The van der Waals surface area contributed by atoms with Crippen molar-refractivity contribution in [2.45, 2.75) is 37.3 Å². The van der Waals surface area contributed by atoms with Gasteiger partial charge in [-0.1, -0.05) is 12.2 Å². The molecular weight excluding hydrogens is 184 g/mol. The van der Waals surface area contributed by atoms with Gasteiger partial charge in [-0.3, -0.25) is 5.32 Å². The van der Waals surface area contributed by atoms with Crippen molar-refractivity contribution in [3.05, 3.63) is 12.2 Å². The molecule has 3 N–H and O–H groups in total. The first-order valence-corrected chi connectivity index (χ1v) is 5.41. The first-order chi connectivity index (χ1) is 6.31. The molecule has 13 heavy (non-hydrogen) atoms. The summed E-state index contributed by atoms with van der Waals surface area (Å²) in [5.74, 6) is 0.901. The fraction of sp³-hybridized carbons (Fsp3) is 0.778. The minimum Gasteiger partial charge on any atom is -0.356 e. The van der Waals surface area contributed by atoms with Gasteiger partial charge in [-0.15, -0.1) is 0 Å². The average molecular weight is 200 g/mol. The lowest BCUT2D eigenvalue weighted by molar-refractivity contribution is 0.0244. The van der Waals surface area contributed by atoms with Crippen molar-refractivity contribution in [3.63, 3.8) is 0 Å². The van der Waals surface area contributed by atoms with Gasteiger partial charge in [-0.25, -0.2) is 0 Å². The molecule has 0 saturated carbocycles. The molecule has 4 unspecified atom stereocenters. The smallest absolute Gasteiger partial charge is 0.128 e. The maximum Gasteiger partial charge on any atom is 0.128 e. The Hall–Kier alpha value is -0.0300. The largest absolute Gasteiger partial charge is 0.356 e. The molecule has 2 heterocycles. The number of rotatable bonds is 3. The van der Waals surface area contributed by atoms with Crippen LogP contribution in [-0.4, -0.2) is 30.2 Å². The van der Waals surface area contributed by atoms with E-state index >= 15 is 0 Å². The van der Waals surface area contributed by atoms with Crippen LogP contribution in [0.15, 0.2) is 12.2 Å². The molecule has 2 aliphatic heterocycles. The average Bonchev–Trinajstić information content (AvgIpc) is 2.86. The fourth-order valence-corrected chi connectivity index (χ4v) is 1.80. The molecule has 4 atom stereocenters. The number of fused-ring (bicyclic) bond motifs is 1. The molecule has 74 valence electrons. The van der Waals surface area contributed by atoms with Crippen LogP contribution in [0.25, 0.3) is 0 Å². The SMILES string of the molecule is NC1C=CC2NC2OC1CCCS. The van der Waals surface area contributed by atoms with Crippen molar-refractivity contribution >= 4 is 12.6 Å². The Balaban J connectivity index is 1.89. The summed E-state index contributed by atoms with van der Waals surface area (Å²) in [5.41, 5.74) is 5.94. The number of nitrogens with two attached hydrogens (primary N) is 1.